The highest BCUT2D eigenvalue weighted by molar-refractivity contribution is 7.91. The van der Waals surface area contributed by atoms with Gasteiger partial charge in [-0.2, -0.15) is 0 Å². The van der Waals surface area contributed by atoms with Crippen molar-refractivity contribution in [2.75, 3.05) is 37.8 Å². The van der Waals surface area contributed by atoms with E-state index < -0.39 is 9.84 Å². The molecule has 0 bridgehead atoms. The fourth-order valence-corrected chi connectivity index (χ4v) is 3.16. The lowest BCUT2D eigenvalue weighted by molar-refractivity contribution is 0.184. The molecule has 1 fully saturated rings. The lowest BCUT2D eigenvalue weighted by Crippen LogP contribution is -2.26. The van der Waals surface area contributed by atoms with Crippen LogP contribution < -0.4 is 5.32 Å². The average molecular weight is 249 g/mol. The first-order valence-corrected chi connectivity index (χ1v) is 7.95. The zero-order valence-electron chi connectivity index (χ0n) is 10.1. The summed E-state index contributed by atoms with van der Waals surface area (Å²) in [5.41, 5.74) is 0. The van der Waals surface area contributed by atoms with Crippen LogP contribution in [0.15, 0.2) is 0 Å². The van der Waals surface area contributed by atoms with Crippen molar-refractivity contribution in [2.45, 2.75) is 26.2 Å². The Morgan fingerprint density at radius 1 is 1.31 bits per heavy atom. The molecule has 0 radical (unpaired) electrons. The third kappa shape index (κ3) is 5.82. The summed E-state index contributed by atoms with van der Waals surface area (Å²) in [4.78, 5) is 0. The summed E-state index contributed by atoms with van der Waals surface area (Å²) in [6.07, 6.45) is 2.95. The number of hydrogen-bond acceptors (Lipinski definition) is 4. The van der Waals surface area contributed by atoms with Crippen LogP contribution in [-0.4, -0.2) is 46.2 Å². The van der Waals surface area contributed by atoms with Gasteiger partial charge in [-0.3, -0.25) is 0 Å². The van der Waals surface area contributed by atoms with Gasteiger partial charge in [0.15, 0.2) is 9.84 Å². The van der Waals surface area contributed by atoms with Crippen LogP contribution in [0.5, 0.6) is 0 Å². The SMILES string of the molecule is CCCS(=O)(=O)CCNCCC1CCOC1. The van der Waals surface area contributed by atoms with Crippen molar-refractivity contribution in [3.8, 4) is 0 Å². The summed E-state index contributed by atoms with van der Waals surface area (Å²) in [7, 11) is -2.82. The van der Waals surface area contributed by atoms with Crippen molar-refractivity contribution in [1.29, 1.82) is 0 Å². The molecule has 5 heteroatoms. The molecular formula is C11H23NO3S. The van der Waals surface area contributed by atoms with E-state index in [9.17, 15) is 8.42 Å². The van der Waals surface area contributed by atoms with Crippen LogP contribution in [0.3, 0.4) is 0 Å². The van der Waals surface area contributed by atoms with Gasteiger partial charge in [-0.15, -0.1) is 0 Å². The van der Waals surface area contributed by atoms with Gasteiger partial charge in [-0.05, 0) is 31.7 Å². The molecule has 1 atom stereocenters. The topological polar surface area (TPSA) is 55.4 Å². The van der Waals surface area contributed by atoms with E-state index in [1.54, 1.807) is 0 Å². The van der Waals surface area contributed by atoms with Crippen molar-refractivity contribution >= 4 is 9.84 Å². The molecule has 16 heavy (non-hydrogen) atoms. The fraction of sp³-hybridized carbons (Fsp3) is 1.00. The monoisotopic (exact) mass is 249 g/mol. The predicted molar refractivity (Wildman–Crippen MR) is 65.4 cm³/mol. The predicted octanol–water partition coefficient (Wildman–Crippen LogP) is 0.827. The molecule has 1 heterocycles. The molecule has 1 rings (SSSR count). The van der Waals surface area contributed by atoms with E-state index in [0.29, 0.717) is 24.6 Å². The minimum absolute atomic E-state index is 0.266. The zero-order valence-corrected chi connectivity index (χ0v) is 10.9. The molecule has 1 aliphatic rings. The first-order valence-electron chi connectivity index (χ1n) is 6.13. The van der Waals surface area contributed by atoms with Crippen LogP contribution in [0.25, 0.3) is 0 Å². The molecule has 1 N–H and O–H groups in total. The lowest BCUT2D eigenvalue weighted by Gasteiger charge is -2.08. The lowest BCUT2D eigenvalue weighted by atomic mass is 10.1. The molecule has 0 saturated carbocycles. The first-order chi connectivity index (χ1) is 7.64. The zero-order chi connectivity index (χ0) is 11.9. The third-order valence-corrected chi connectivity index (χ3v) is 4.71. The van der Waals surface area contributed by atoms with E-state index in [1.165, 1.54) is 0 Å². The second-order valence-electron chi connectivity index (χ2n) is 4.42. The standard InChI is InChI=1S/C11H23NO3S/c1-2-8-16(13,14)9-6-12-5-3-11-4-7-15-10-11/h11-12H,2-10H2,1H3. The summed E-state index contributed by atoms with van der Waals surface area (Å²) in [5, 5.41) is 3.19. The molecule has 0 spiro atoms. The Morgan fingerprint density at radius 3 is 2.75 bits per heavy atom. The summed E-state index contributed by atoms with van der Waals surface area (Å²) in [5.74, 6) is 1.24. The summed E-state index contributed by atoms with van der Waals surface area (Å²) >= 11 is 0. The van der Waals surface area contributed by atoms with Crippen LogP contribution in [0.4, 0.5) is 0 Å². The van der Waals surface area contributed by atoms with Crippen molar-refractivity contribution in [3.63, 3.8) is 0 Å². The highest BCUT2D eigenvalue weighted by Gasteiger charge is 2.14. The Morgan fingerprint density at radius 2 is 2.12 bits per heavy atom. The van der Waals surface area contributed by atoms with Crippen LogP contribution >= 0.6 is 0 Å². The normalized spacial score (nSPS) is 21.4. The van der Waals surface area contributed by atoms with Crippen LogP contribution in [0, 0.1) is 5.92 Å². The third-order valence-electron chi connectivity index (χ3n) is 2.86. The molecule has 1 unspecified atom stereocenters. The minimum Gasteiger partial charge on any atom is -0.381 e. The van der Waals surface area contributed by atoms with E-state index in [1.807, 2.05) is 6.92 Å². The fourth-order valence-electron chi connectivity index (χ4n) is 1.88. The number of rotatable bonds is 8. The maximum atomic E-state index is 11.4. The van der Waals surface area contributed by atoms with Gasteiger partial charge in [-0.25, -0.2) is 8.42 Å². The van der Waals surface area contributed by atoms with Gasteiger partial charge < -0.3 is 10.1 Å². The molecule has 0 amide bonds. The van der Waals surface area contributed by atoms with E-state index in [0.717, 1.165) is 32.6 Å². The van der Waals surface area contributed by atoms with Crippen LogP contribution in [-0.2, 0) is 14.6 Å². The molecule has 4 nitrogen and oxygen atoms in total. The van der Waals surface area contributed by atoms with Gasteiger partial charge in [0.05, 0.1) is 5.75 Å². The molecule has 0 aromatic rings. The van der Waals surface area contributed by atoms with Gasteiger partial charge in [0, 0.05) is 25.5 Å². The number of ether oxygens (including phenoxy) is 1. The van der Waals surface area contributed by atoms with E-state index in [-0.39, 0.29) is 5.75 Å². The molecule has 0 aromatic carbocycles. The van der Waals surface area contributed by atoms with Gasteiger partial charge in [-0.1, -0.05) is 6.92 Å². The van der Waals surface area contributed by atoms with Gasteiger partial charge in [0.1, 0.15) is 0 Å². The van der Waals surface area contributed by atoms with E-state index in [2.05, 4.69) is 5.32 Å². The molecule has 1 saturated heterocycles. The second kappa shape index (κ2) is 7.25. The largest absolute Gasteiger partial charge is 0.381 e. The number of nitrogens with one attached hydrogen (secondary N) is 1. The maximum Gasteiger partial charge on any atom is 0.151 e. The Bertz CT molecular complexity index is 271. The second-order valence-corrected chi connectivity index (χ2v) is 6.72. The van der Waals surface area contributed by atoms with Crippen LogP contribution in [0.2, 0.25) is 0 Å². The number of sulfone groups is 1. The molecule has 0 aromatic heterocycles. The van der Waals surface area contributed by atoms with Gasteiger partial charge in [0.2, 0.25) is 0 Å². The number of hydrogen-bond donors (Lipinski definition) is 1. The highest BCUT2D eigenvalue weighted by Crippen LogP contribution is 2.14. The summed E-state index contributed by atoms with van der Waals surface area (Å²) in [6, 6.07) is 0. The van der Waals surface area contributed by atoms with Crippen LogP contribution in [0.1, 0.15) is 26.2 Å². The van der Waals surface area contributed by atoms with Crippen molar-refractivity contribution in [3.05, 3.63) is 0 Å². The van der Waals surface area contributed by atoms with Crippen molar-refractivity contribution in [1.82, 2.24) is 5.32 Å². The molecule has 96 valence electrons. The highest BCUT2D eigenvalue weighted by atomic mass is 32.2. The van der Waals surface area contributed by atoms with Crippen molar-refractivity contribution < 1.29 is 13.2 Å². The van der Waals surface area contributed by atoms with Gasteiger partial charge >= 0.3 is 0 Å². The smallest absolute Gasteiger partial charge is 0.151 e. The summed E-state index contributed by atoms with van der Waals surface area (Å²) in [6.45, 7) is 5.13. The minimum atomic E-state index is -2.82. The molecule has 1 aliphatic heterocycles. The van der Waals surface area contributed by atoms with Crippen molar-refractivity contribution in [2.24, 2.45) is 5.92 Å². The van der Waals surface area contributed by atoms with Gasteiger partial charge in [0.25, 0.3) is 0 Å². The Balaban J connectivity index is 1.98. The van der Waals surface area contributed by atoms with E-state index >= 15 is 0 Å². The Kier molecular flexibility index (Phi) is 6.31. The molecular weight excluding hydrogens is 226 g/mol. The quantitative estimate of drug-likeness (QED) is 0.647. The summed E-state index contributed by atoms with van der Waals surface area (Å²) < 4.78 is 28.1. The maximum absolute atomic E-state index is 11.4. The average Bonchev–Trinajstić information content (AvgIpc) is 2.69. The van der Waals surface area contributed by atoms with E-state index in [4.69, 9.17) is 4.74 Å². The first kappa shape index (κ1) is 13.9. The molecule has 0 aliphatic carbocycles. The Labute approximate surface area is 98.7 Å². The Hall–Kier alpha value is -0.130.